The van der Waals surface area contributed by atoms with Crippen LogP contribution in [0.25, 0.3) is 11.1 Å². The largest absolute Gasteiger partial charge is 0.507 e. The first-order valence-electron chi connectivity index (χ1n) is 5.32. The van der Waals surface area contributed by atoms with E-state index in [4.69, 9.17) is 5.11 Å². The zero-order chi connectivity index (χ0) is 13.3. The van der Waals surface area contributed by atoms with Crippen molar-refractivity contribution in [3.63, 3.8) is 0 Å². The molecular formula is C14H11FO3. The molecule has 0 aromatic heterocycles. The number of aryl methyl sites for hydroxylation is 1. The van der Waals surface area contributed by atoms with Crippen LogP contribution < -0.4 is 0 Å². The average Bonchev–Trinajstić information content (AvgIpc) is 2.30. The van der Waals surface area contributed by atoms with E-state index >= 15 is 0 Å². The highest BCUT2D eigenvalue weighted by atomic mass is 19.1. The summed E-state index contributed by atoms with van der Waals surface area (Å²) in [5.41, 5.74) is 1.26. The molecule has 0 heterocycles. The third-order valence-electron chi connectivity index (χ3n) is 2.66. The van der Waals surface area contributed by atoms with E-state index in [0.717, 1.165) is 11.6 Å². The van der Waals surface area contributed by atoms with Gasteiger partial charge in [-0.15, -0.1) is 0 Å². The van der Waals surface area contributed by atoms with Crippen LogP contribution in [0.2, 0.25) is 0 Å². The van der Waals surface area contributed by atoms with Crippen molar-refractivity contribution in [1.82, 2.24) is 0 Å². The lowest BCUT2D eigenvalue weighted by Crippen LogP contribution is -1.96. The van der Waals surface area contributed by atoms with Crippen molar-refractivity contribution in [1.29, 1.82) is 0 Å². The molecule has 0 aliphatic carbocycles. The molecule has 0 radical (unpaired) electrons. The number of hydrogen-bond acceptors (Lipinski definition) is 2. The number of benzene rings is 2. The maximum Gasteiger partial charge on any atom is 0.335 e. The van der Waals surface area contributed by atoms with Crippen molar-refractivity contribution in [2.75, 3.05) is 0 Å². The molecule has 2 N–H and O–H groups in total. The standard InChI is InChI=1S/C14H11FO3/c1-8-2-4-10(12(15)6-8)11-5-3-9(14(17)18)7-13(11)16/h2-7,16H,1H3,(H,17,18). The van der Waals surface area contributed by atoms with Gasteiger partial charge in [-0.3, -0.25) is 0 Å². The van der Waals surface area contributed by atoms with Crippen LogP contribution in [0.4, 0.5) is 4.39 Å². The lowest BCUT2D eigenvalue weighted by atomic mass is 10.0. The molecule has 0 spiro atoms. The minimum Gasteiger partial charge on any atom is -0.507 e. The lowest BCUT2D eigenvalue weighted by Gasteiger charge is -2.07. The van der Waals surface area contributed by atoms with E-state index in [0.29, 0.717) is 0 Å². The molecule has 0 fully saturated rings. The van der Waals surface area contributed by atoms with Crippen LogP contribution in [0.5, 0.6) is 5.75 Å². The average molecular weight is 246 g/mol. The Morgan fingerprint density at radius 1 is 1.11 bits per heavy atom. The predicted molar refractivity (Wildman–Crippen MR) is 65.2 cm³/mol. The summed E-state index contributed by atoms with van der Waals surface area (Å²) in [6, 6.07) is 8.48. The molecule has 0 aliphatic rings. The molecule has 0 unspecified atom stereocenters. The van der Waals surface area contributed by atoms with Gasteiger partial charge in [-0.25, -0.2) is 9.18 Å². The molecule has 0 amide bonds. The topological polar surface area (TPSA) is 57.5 Å². The molecule has 3 nitrogen and oxygen atoms in total. The molecule has 2 aromatic rings. The number of carboxylic acids is 1. The van der Waals surface area contributed by atoms with Crippen molar-refractivity contribution < 1.29 is 19.4 Å². The Labute approximate surface area is 103 Å². The highest BCUT2D eigenvalue weighted by molar-refractivity contribution is 5.89. The quantitative estimate of drug-likeness (QED) is 0.855. The zero-order valence-corrected chi connectivity index (χ0v) is 9.64. The zero-order valence-electron chi connectivity index (χ0n) is 9.64. The van der Waals surface area contributed by atoms with Crippen molar-refractivity contribution in [3.05, 3.63) is 53.3 Å². The van der Waals surface area contributed by atoms with Gasteiger partial charge in [0.05, 0.1) is 5.56 Å². The Morgan fingerprint density at radius 3 is 2.33 bits per heavy atom. The molecule has 0 aliphatic heterocycles. The van der Waals surface area contributed by atoms with E-state index in [1.807, 2.05) is 0 Å². The molecule has 0 atom stereocenters. The van der Waals surface area contributed by atoms with Crippen LogP contribution in [0.15, 0.2) is 36.4 Å². The summed E-state index contributed by atoms with van der Waals surface area (Å²) < 4.78 is 13.7. The van der Waals surface area contributed by atoms with Gasteiger partial charge in [0.15, 0.2) is 0 Å². The number of halogens is 1. The van der Waals surface area contributed by atoms with Gasteiger partial charge in [-0.1, -0.05) is 12.1 Å². The summed E-state index contributed by atoms with van der Waals surface area (Å²) in [5.74, 6) is -1.84. The van der Waals surface area contributed by atoms with Crippen molar-refractivity contribution in [2.24, 2.45) is 0 Å². The molecule has 0 saturated carbocycles. The van der Waals surface area contributed by atoms with E-state index in [9.17, 15) is 14.3 Å². The number of phenolic OH excluding ortho intramolecular Hbond substituents is 1. The van der Waals surface area contributed by atoms with Gasteiger partial charge in [0.2, 0.25) is 0 Å². The van der Waals surface area contributed by atoms with Gasteiger partial charge in [0.1, 0.15) is 11.6 Å². The van der Waals surface area contributed by atoms with Crippen molar-refractivity contribution >= 4 is 5.97 Å². The fraction of sp³-hybridized carbons (Fsp3) is 0.0714. The molecule has 0 saturated heterocycles. The minimum atomic E-state index is -1.14. The second kappa shape index (κ2) is 4.49. The Hall–Kier alpha value is -2.36. The molecule has 18 heavy (non-hydrogen) atoms. The van der Waals surface area contributed by atoms with E-state index in [1.54, 1.807) is 19.1 Å². The number of carbonyl (C=O) groups is 1. The minimum absolute atomic E-state index is 0.0382. The van der Waals surface area contributed by atoms with E-state index in [1.165, 1.54) is 18.2 Å². The molecule has 2 rings (SSSR count). The SMILES string of the molecule is Cc1ccc(-c2ccc(C(=O)O)cc2O)c(F)c1. The maximum atomic E-state index is 13.7. The van der Waals surface area contributed by atoms with Crippen LogP contribution in [-0.2, 0) is 0 Å². The fourth-order valence-corrected chi connectivity index (χ4v) is 1.73. The van der Waals surface area contributed by atoms with Gasteiger partial charge >= 0.3 is 5.97 Å². The Balaban J connectivity index is 2.54. The van der Waals surface area contributed by atoms with E-state index in [-0.39, 0.29) is 22.4 Å². The second-order valence-electron chi connectivity index (χ2n) is 4.02. The first-order chi connectivity index (χ1) is 8.49. The smallest absolute Gasteiger partial charge is 0.335 e. The number of phenols is 1. The monoisotopic (exact) mass is 246 g/mol. The number of hydrogen-bond donors (Lipinski definition) is 2. The highest BCUT2D eigenvalue weighted by Gasteiger charge is 2.12. The maximum absolute atomic E-state index is 13.7. The van der Waals surface area contributed by atoms with Crippen molar-refractivity contribution in [2.45, 2.75) is 6.92 Å². The van der Waals surface area contributed by atoms with E-state index in [2.05, 4.69) is 0 Å². The fourth-order valence-electron chi connectivity index (χ4n) is 1.73. The summed E-state index contributed by atoms with van der Waals surface area (Å²) in [7, 11) is 0. The summed E-state index contributed by atoms with van der Waals surface area (Å²) in [5, 5.41) is 18.5. The number of carboxylic acid groups (broad SMARTS) is 1. The van der Waals surface area contributed by atoms with Crippen LogP contribution in [0, 0.1) is 12.7 Å². The summed E-state index contributed by atoms with van der Waals surface area (Å²) in [6.45, 7) is 1.76. The third-order valence-corrected chi connectivity index (χ3v) is 2.66. The number of rotatable bonds is 2. The predicted octanol–water partition coefficient (Wildman–Crippen LogP) is 3.20. The first-order valence-corrected chi connectivity index (χ1v) is 5.32. The third kappa shape index (κ3) is 2.18. The van der Waals surface area contributed by atoms with Gasteiger partial charge in [0.25, 0.3) is 0 Å². The lowest BCUT2D eigenvalue weighted by molar-refractivity contribution is 0.0696. The van der Waals surface area contributed by atoms with E-state index < -0.39 is 11.8 Å². The van der Waals surface area contributed by atoms with Crippen LogP contribution in [0.1, 0.15) is 15.9 Å². The Bertz CT molecular complexity index is 620. The van der Waals surface area contributed by atoms with Crippen molar-refractivity contribution in [3.8, 4) is 16.9 Å². The van der Waals surface area contributed by atoms with Gasteiger partial charge in [-0.05, 0) is 36.8 Å². The number of aromatic hydroxyl groups is 1. The van der Waals surface area contributed by atoms with Crippen LogP contribution in [0.3, 0.4) is 0 Å². The molecule has 92 valence electrons. The Morgan fingerprint density at radius 2 is 1.78 bits per heavy atom. The first kappa shape index (κ1) is 12.1. The molecule has 2 aromatic carbocycles. The van der Waals surface area contributed by atoms with Gasteiger partial charge in [0, 0.05) is 11.1 Å². The molecule has 4 heteroatoms. The summed E-state index contributed by atoms with van der Waals surface area (Å²) in [6.07, 6.45) is 0. The summed E-state index contributed by atoms with van der Waals surface area (Å²) in [4.78, 5) is 10.7. The van der Waals surface area contributed by atoms with Crippen LogP contribution >= 0.6 is 0 Å². The van der Waals surface area contributed by atoms with Gasteiger partial charge < -0.3 is 10.2 Å². The normalized spacial score (nSPS) is 10.3. The highest BCUT2D eigenvalue weighted by Crippen LogP contribution is 2.32. The summed E-state index contributed by atoms with van der Waals surface area (Å²) >= 11 is 0. The van der Waals surface area contributed by atoms with Crippen LogP contribution in [-0.4, -0.2) is 16.2 Å². The Kier molecular flexibility index (Phi) is 3.02. The second-order valence-corrected chi connectivity index (χ2v) is 4.02. The van der Waals surface area contributed by atoms with Gasteiger partial charge in [-0.2, -0.15) is 0 Å². The molecular weight excluding hydrogens is 235 g/mol. The molecule has 0 bridgehead atoms. The number of aromatic carboxylic acids is 1.